The van der Waals surface area contributed by atoms with E-state index >= 15 is 0 Å². The molecule has 1 fully saturated rings. The fourth-order valence-corrected chi connectivity index (χ4v) is 9.21. The average Bonchev–Trinajstić information content (AvgIpc) is 0.892. The molecule has 0 radical (unpaired) electrons. The Bertz CT molecular complexity index is 2620. The van der Waals surface area contributed by atoms with E-state index in [0.29, 0.717) is 12.8 Å². The number of unbranched alkanes of at least 4 members (excludes halogenated alkanes) is 9. The van der Waals surface area contributed by atoms with Gasteiger partial charge < -0.3 is 116 Å². The van der Waals surface area contributed by atoms with Crippen LogP contribution in [0.1, 0.15) is 130 Å². The molecule has 1 aliphatic rings. The molecule has 0 aromatic heterocycles. The second kappa shape index (κ2) is 46.8. The SMILES string of the molecule is C/C=C1\NC(=O)[C@H]([C@H](C)O)NC(=O)[C@H](CCNC(=O)CN)NC(=O)[C@H](CCCCNC(=O)CN)NC(=O)[C@H](CC(=O)O)NC(=O)[C@@H](CCNC(=O)CN)NC(=O)[C@@H](NC(=O)C[C@H](O)CCCCCCCCCCC)COC(=O)[C@H]([C@H](O)CCl)NC(=O)[C@H]([C@H](O)C(=O)O)NC1=O. The number of hydrogen-bond donors (Lipinski definition) is 21. The number of alkyl halides is 1. The number of carboxylic acids is 2. The highest BCUT2D eigenvalue weighted by atomic mass is 35.5. The van der Waals surface area contributed by atoms with E-state index in [1.54, 1.807) is 0 Å². The molecule has 0 aliphatic carbocycles. The fourth-order valence-electron chi connectivity index (χ4n) is 9.03. The van der Waals surface area contributed by atoms with Crippen molar-refractivity contribution in [2.75, 3.05) is 51.8 Å². The van der Waals surface area contributed by atoms with Crippen LogP contribution < -0.4 is 81.0 Å². The van der Waals surface area contributed by atoms with E-state index in [2.05, 4.69) is 60.1 Å². The molecule has 0 unspecified atom stereocenters. The highest BCUT2D eigenvalue weighted by Crippen LogP contribution is 2.14. The van der Waals surface area contributed by atoms with Crippen molar-refractivity contribution in [1.29, 1.82) is 0 Å². The molecular formula is C57H96ClN15O22. The first kappa shape index (κ1) is 84.8. The Morgan fingerprint density at radius 3 is 1.54 bits per heavy atom. The summed E-state index contributed by atoms with van der Waals surface area (Å²) in [7, 11) is 0. The quantitative estimate of drug-likeness (QED) is 0.0123. The van der Waals surface area contributed by atoms with Gasteiger partial charge in [0, 0.05) is 19.6 Å². The first-order chi connectivity index (χ1) is 45.0. The predicted molar refractivity (Wildman–Crippen MR) is 334 cm³/mol. The molecule has 1 heterocycles. The molecule has 1 aliphatic heterocycles. The number of aliphatic hydroxyl groups is 4. The Balaban J connectivity index is 4.27. The number of ether oxygens (including phenoxy) is 1. The number of aliphatic hydroxyl groups excluding tert-OH is 4. The van der Waals surface area contributed by atoms with Gasteiger partial charge in [-0.15, -0.1) is 11.6 Å². The number of rotatable bonds is 34. The number of carbonyl (C=O) groups is 15. The summed E-state index contributed by atoms with van der Waals surface area (Å²) in [6.07, 6.45) is -2.23. The number of hydrogen-bond acceptors (Lipinski definition) is 23. The van der Waals surface area contributed by atoms with Crippen LogP contribution in [0.3, 0.4) is 0 Å². The lowest BCUT2D eigenvalue weighted by Crippen LogP contribution is -2.62. The number of nitrogens with one attached hydrogen (secondary N) is 12. The molecule has 37 nitrogen and oxygen atoms in total. The standard InChI is InChI=1S/C57H96ClN15O22/c1-4-6-7-8-9-10-11-12-13-16-31(75)23-39(77)65-37-29-95-57(94)45(38(76)25-58)72-55(91)46(47(83)56(92)93)73-48(84)32(5-2)66-54(90)44(30(3)74)71-51(87)35(19-22-64-42(80)28-61)68-49(85)33(17-14-15-20-62-40(78)26-59)67-52(88)36(24-43(81)82)70-50(86)34(69-53(37)89)18-21-63-41(79)27-60/h5,30-31,33-38,44-47,74-76,83H,4,6-29,59-61H2,1-3H3,(H,62,78)(H,63,79)(H,64,80)(H,65,77)(H,66,90)(H,67,88)(H,68,85)(H,69,89)(H,70,86)(H,71,87)(H,72,91)(H,73,84)(H,81,82)(H,92,93)/b32-5-/t30-,31+,33-,34+,35-,36-,37-,38+,44-,45-,46-,47-/m0/s1. The third-order valence-corrected chi connectivity index (χ3v) is 14.7. The lowest BCUT2D eigenvalue weighted by atomic mass is 10.0. The maximum Gasteiger partial charge on any atom is 0.335 e. The first-order valence-electron chi connectivity index (χ1n) is 31.2. The van der Waals surface area contributed by atoms with E-state index in [9.17, 15) is 103 Å². The molecule has 0 aromatic rings. The number of halogens is 1. The largest absolute Gasteiger partial charge is 0.481 e. The summed E-state index contributed by atoms with van der Waals surface area (Å²) in [6, 6.07) is -17.0. The van der Waals surface area contributed by atoms with E-state index in [4.69, 9.17) is 33.5 Å². The van der Waals surface area contributed by atoms with Crippen LogP contribution >= 0.6 is 11.6 Å². The second-order valence-corrected chi connectivity index (χ2v) is 22.5. The van der Waals surface area contributed by atoms with Gasteiger partial charge in [0.1, 0.15) is 54.6 Å². The van der Waals surface area contributed by atoms with Crippen molar-refractivity contribution < 1.29 is 107 Å². The van der Waals surface area contributed by atoms with Crippen molar-refractivity contribution >= 4 is 100 Å². The van der Waals surface area contributed by atoms with Crippen LogP contribution in [0.2, 0.25) is 0 Å². The van der Waals surface area contributed by atoms with Gasteiger partial charge in [-0.1, -0.05) is 70.8 Å². The van der Waals surface area contributed by atoms with Gasteiger partial charge in [-0.3, -0.25) is 62.3 Å². The van der Waals surface area contributed by atoms with Gasteiger partial charge in [-0.25, -0.2) is 9.59 Å². The Morgan fingerprint density at radius 2 is 1.04 bits per heavy atom. The van der Waals surface area contributed by atoms with Crippen LogP contribution in [-0.2, 0) is 76.7 Å². The monoisotopic (exact) mass is 1380 g/mol. The van der Waals surface area contributed by atoms with Gasteiger partial charge >= 0.3 is 17.9 Å². The van der Waals surface area contributed by atoms with Crippen molar-refractivity contribution in [3.8, 4) is 0 Å². The zero-order chi connectivity index (χ0) is 71.7. The highest BCUT2D eigenvalue weighted by Gasteiger charge is 2.41. The molecule has 12 atom stereocenters. The summed E-state index contributed by atoms with van der Waals surface area (Å²) >= 11 is 5.89. The Labute approximate surface area is 553 Å². The zero-order valence-corrected chi connectivity index (χ0v) is 54.3. The van der Waals surface area contributed by atoms with Gasteiger partial charge in [-0.05, 0) is 52.4 Å². The van der Waals surface area contributed by atoms with Gasteiger partial charge in [0.05, 0.1) is 56.7 Å². The lowest BCUT2D eigenvalue weighted by Gasteiger charge is -2.29. The number of aliphatic carboxylic acids is 2. The summed E-state index contributed by atoms with van der Waals surface area (Å²) in [6.45, 7) is 0.490. The minimum atomic E-state index is -2.90. The molecule has 0 spiro atoms. The molecule has 1 saturated heterocycles. The smallest absolute Gasteiger partial charge is 0.335 e. The predicted octanol–water partition coefficient (Wildman–Crippen LogP) is -7.81. The van der Waals surface area contributed by atoms with Crippen molar-refractivity contribution in [2.45, 2.75) is 203 Å². The van der Waals surface area contributed by atoms with Crippen LogP contribution in [0.15, 0.2) is 11.8 Å². The van der Waals surface area contributed by atoms with E-state index in [-0.39, 0.29) is 38.8 Å². The summed E-state index contributed by atoms with van der Waals surface area (Å²) in [5.74, 6) is -21.1. The van der Waals surface area contributed by atoms with Crippen molar-refractivity contribution in [1.82, 2.24) is 63.8 Å². The van der Waals surface area contributed by atoms with Crippen LogP contribution in [0.4, 0.5) is 0 Å². The number of carbonyl (C=O) groups excluding carboxylic acids is 13. The van der Waals surface area contributed by atoms with Gasteiger partial charge in [0.15, 0.2) is 12.1 Å². The van der Waals surface area contributed by atoms with Crippen molar-refractivity contribution in [3.05, 3.63) is 11.8 Å². The van der Waals surface area contributed by atoms with E-state index < -0.39 is 232 Å². The van der Waals surface area contributed by atoms with Crippen LogP contribution in [-0.4, -0.2) is 244 Å². The topological polar surface area (TPSA) is 609 Å². The number of amides is 12. The fraction of sp³-hybridized carbons (Fsp3) is 0.702. The average molecular weight is 1380 g/mol. The Kier molecular flexibility index (Phi) is 41.8. The molecule has 38 heteroatoms. The third-order valence-electron chi connectivity index (χ3n) is 14.4. The Morgan fingerprint density at radius 1 is 0.568 bits per heavy atom. The van der Waals surface area contributed by atoms with E-state index in [0.717, 1.165) is 64.9 Å². The molecule has 0 saturated carbocycles. The van der Waals surface area contributed by atoms with Crippen LogP contribution in [0, 0.1) is 0 Å². The number of cyclic esters (lactones) is 1. The molecule has 12 amide bonds. The van der Waals surface area contributed by atoms with Gasteiger partial charge in [0.25, 0.3) is 5.91 Å². The van der Waals surface area contributed by atoms with Crippen LogP contribution in [0.5, 0.6) is 0 Å². The number of esters is 1. The number of allylic oxidation sites excluding steroid dienone is 1. The number of nitrogens with two attached hydrogens (primary N) is 3. The van der Waals surface area contributed by atoms with Crippen molar-refractivity contribution in [2.24, 2.45) is 17.2 Å². The van der Waals surface area contributed by atoms with Crippen molar-refractivity contribution in [3.63, 3.8) is 0 Å². The molecule has 0 aromatic carbocycles. The normalized spacial score (nSPS) is 22.7. The molecule has 538 valence electrons. The lowest BCUT2D eigenvalue weighted by molar-refractivity contribution is -0.155. The second-order valence-electron chi connectivity index (χ2n) is 22.2. The third kappa shape index (κ3) is 33.7. The minimum absolute atomic E-state index is 0.0215. The Hall–Kier alpha value is -8.20. The summed E-state index contributed by atoms with van der Waals surface area (Å²) < 4.78 is 5.30. The maximum absolute atomic E-state index is 14.5. The summed E-state index contributed by atoms with van der Waals surface area (Å²) in [4.78, 5) is 202. The zero-order valence-electron chi connectivity index (χ0n) is 53.5. The van der Waals surface area contributed by atoms with Crippen LogP contribution in [0.25, 0.3) is 0 Å². The van der Waals surface area contributed by atoms with E-state index in [1.807, 2.05) is 10.6 Å². The van der Waals surface area contributed by atoms with Gasteiger partial charge in [0.2, 0.25) is 65.0 Å². The van der Waals surface area contributed by atoms with E-state index in [1.165, 1.54) is 0 Å². The number of carboxylic acid groups (broad SMARTS) is 2. The summed E-state index contributed by atoms with van der Waals surface area (Å²) in [5, 5.41) is 89.9. The molecule has 24 N–H and O–H groups in total. The molecular weight excluding hydrogens is 1280 g/mol. The maximum atomic E-state index is 14.5. The molecule has 0 bridgehead atoms. The molecule has 1 rings (SSSR count). The summed E-state index contributed by atoms with van der Waals surface area (Å²) in [5.41, 5.74) is 15.4. The highest BCUT2D eigenvalue weighted by molar-refractivity contribution is 6.18. The molecule has 95 heavy (non-hydrogen) atoms. The minimum Gasteiger partial charge on any atom is -0.481 e. The van der Waals surface area contributed by atoms with Gasteiger partial charge in [-0.2, -0.15) is 0 Å². The first-order valence-corrected chi connectivity index (χ1v) is 31.7.